The fourth-order valence-electron chi connectivity index (χ4n) is 3.69. The molecule has 0 radical (unpaired) electrons. The molecule has 3 rings (SSSR count). The maximum absolute atomic E-state index is 12.5. The van der Waals surface area contributed by atoms with Crippen molar-refractivity contribution in [1.29, 1.82) is 0 Å². The second kappa shape index (κ2) is 10.6. The van der Waals surface area contributed by atoms with E-state index in [0.717, 1.165) is 24.3 Å². The Hall–Kier alpha value is -2.58. The number of nitrogens with zero attached hydrogens (tertiary/aromatic N) is 1. The van der Waals surface area contributed by atoms with Gasteiger partial charge in [0.25, 0.3) is 0 Å². The summed E-state index contributed by atoms with van der Waals surface area (Å²) in [4.78, 5) is 12.5. The Balaban J connectivity index is 1.53. The van der Waals surface area contributed by atoms with Crippen LogP contribution in [0.25, 0.3) is 0 Å². The van der Waals surface area contributed by atoms with Crippen LogP contribution in [0.5, 0.6) is 5.75 Å². The van der Waals surface area contributed by atoms with Crippen molar-refractivity contribution in [3.05, 3.63) is 48.5 Å². The maximum atomic E-state index is 12.5. The van der Waals surface area contributed by atoms with Gasteiger partial charge in [-0.15, -0.1) is 0 Å². The van der Waals surface area contributed by atoms with Gasteiger partial charge < -0.3 is 15.4 Å². The van der Waals surface area contributed by atoms with E-state index in [2.05, 4.69) is 10.6 Å². The molecule has 2 N–H and O–H groups in total. The van der Waals surface area contributed by atoms with Gasteiger partial charge in [-0.3, -0.25) is 4.79 Å². The zero-order chi connectivity index (χ0) is 22.3. The number of hydrogen-bond acceptors (Lipinski definition) is 5. The second-order valence-corrected chi connectivity index (χ2v) is 9.51. The van der Waals surface area contributed by atoms with Gasteiger partial charge in [0.2, 0.25) is 15.9 Å². The van der Waals surface area contributed by atoms with Gasteiger partial charge in [0.1, 0.15) is 5.75 Å². The van der Waals surface area contributed by atoms with Crippen LogP contribution in [0, 0.1) is 0 Å². The van der Waals surface area contributed by atoms with E-state index in [4.69, 9.17) is 4.74 Å². The lowest BCUT2D eigenvalue weighted by molar-refractivity contribution is -0.114. The Morgan fingerprint density at radius 3 is 2.35 bits per heavy atom. The molecule has 0 aliphatic heterocycles. The average Bonchev–Trinajstić information content (AvgIpc) is 3.27. The molecule has 168 valence electrons. The summed E-state index contributed by atoms with van der Waals surface area (Å²) in [6.45, 7) is 4.52. The van der Waals surface area contributed by atoms with Gasteiger partial charge in [-0.25, -0.2) is 8.42 Å². The Morgan fingerprint density at radius 1 is 1.03 bits per heavy atom. The largest absolute Gasteiger partial charge is 0.490 e. The van der Waals surface area contributed by atoms with Crippen LogP contribution in [0.2, 0.25) is 0 Å². The lowest BCUT2D eigenvalue weighted by Gasteiger charge is -2.18. The number of nitrogens with one attached hydrogen (secondary N) is 2. The highest BCUT2D eigenvalue weighted by Gasteiger charge is 2.21. The van der Waals surface area contributed by atoms with E-state index in [1.165, 1.54) is 29.3 Å². The zero-order valence-electron chi connectivity index (χ0n) is 18.1. The Kier molecular flexibility index (Phi) is 7.92. The van der Waals surface area contributed by atoms with Crippen LogP contribution in [0.3, 0.4) is 0 Å². The average molecular weight is 446 g/mol. The summed E-state index contributed by atoms with van der Waals surface area (Å²) >= 11 is 0. The van der Waals surface area contributed by atoms with E-state index >= 15 is 0 Å². The highest BCUT2D eigenvalue weighted by atomic mass is 32.2. The predicted octanol–water partition coefficient (Wildman–Crippen LogP) is 4.09. The van der Waals surface area contributed by atoms with Crippen LogP contribution in [0.1, 0.15) is 39.5 Å². The minimum absolute atomic E-state index is 0.0897. The molecular weight excluding hydrogens is 414 g/mol. The maximum Gasteiger partial charge on any atom is 0.243 e. The standard InChI is InChI=1S/C23H31N3O4S/c1-3-26(4-2)31(28,29)22-14-12-18(13-15-22)25-23(27)17-24-19-8-7-11-21(16-19)30-20-9-5-6-10-20/h7-8,11-16,20,24H,3-6,9-10,17H2,1-2H3,(H,25,27). The topological polar surface area (TPSA) is 87.7 Å². The van der Waals surface area contributed by atoms with Gasteiger partial charge in [0.05, 0.1) is 17.5 Å². The molecule has 1 aliphatic carbocycles. The molecule has 0 aromatic heterocycles. The number of benzene rings is 2. The zero-order valence-corrected chi connectivity index (χ0v) is 19.0. The van der Waals surface area contributed by atoms with Crippen LogP contribution in [-0.4, -0.2) is 44.4 Å². The number of ether oxygens (including phenoxy) is 1. The van der Waals surface area contributed by atoms with E-state index < -0.39 is 10.0 Å². The summed E-state index contributed by atoms with van der Waals surface area (Å²) in [6, 6.07) is 13.9. The molecule has 2 aromatic rings. The van der Waals surface area contributed by atoms with Gasteiger partial charge in [-0.1, -0.05) is 19.9 Å². The summed E-state index contributed by atoms with van der Waals surface area (Å²) in [5.41, 5.74) is 1.36. The normalized spacial score (nSPS) is 14.5. The van der Waals surface area contributed by atoms with Crippen molar-refractivity contribution in [3.8, 4) is 5.75 Å². The first-order valence-corrected chi connectivity index (χ1v) is 12.3. The highest BCUT2D eigenvalue weighted by Crippen LogP contribution is 2.25. The highest BCUT2D eigenvalue weighted by molar-refractivity contribution is 7.89. The molecule has 8 heteroatoms. The Labute approximate surface area is 184 Å². The fraction of sp³-hybridized carbons (Fsp3) is 0.435. The second-order valence-electron chi connectivity index (χ2n) is 7.57. The first-order valence-electron chi connectivity index (χ1n) is 10.8. The lowest BCUT2D eigenvalue weighted by atomic mass is 10.2. The third-order valence-corrected chi connectivity index (χ3v) is 7.44. The van der Waals surface area contributed by atoms with Crippen molar-refractivity contribution in [3.63, 3.8) is 0 Å². The summed E-state index contributed by atoms with van der Waals surface area (Å²) in [6.07, 6.45) is 4.90. The van der Waals surface area contributed by atoms with Crippen molar-refractivity contribution in [2.45, 2.75) is 50.5 Å². The number of rotatable bonds is 10. The number of hydrogen-bond donors (Lipinski definition) is 2. The van der Waals surface area contributed by atoms with Crippen LogP contribution in [0.4, 0.5) is 11.4 Å². The van der Waals surface area contributed by atoms with E-state index in [1.807, 2.05) is 24.3 Å². The van der Waals surface area contributed by atoms with Crippen LogP contribution in [0.15, 0.2) is 53.4 Å². The monoisotopic (exact) mass is 445 g/mol. The number of carbonyl (C=O) groups excluding carboxylic acids is 1. The molecule has 0 saturated heterocycles. The molecule has 7 nitrogen and oxygen atoms in total. The fourth-order valence-corrected chi connectivity index (χ4v) is 5.15. The first-order chi connectivity index (χ1) is 14.9. The van der Waals surface area contributed by atoms with Crippen molar-refractivity contribution in [1.82, 2.24) is 4.31 Å². The lowest BCUT2D eigenvalue weighted by Crippen LogP contribution is -2.30. The molecular formula is C23H31N3O4S. The molecule has 31 heavy (non-hydrogen) atoms. The van der Waals surface area contributed by atoms with Crippen LogP contribution < -0.4 is 15.4 Å². The van der Waals surface area contributed by atoms with Gasteiger partial charge in [0.15, 0.2) is 0 Å². The molecule has 2 aromatic carbocycles. The van der Waals surface area contributed by atoms with Gasteiger partial charge in [0, 0.05) is 30.5 Å². The third kappa shape index (κ3) is 6.21. The number of sulfonamides is 1. The van der Waals surface area contributed by atoms with Gasteiger partial charge >= 0.3 is 0 Å². The summed E-state index contributed by atoms with van der Waals surface area (Å²) in [5.74, 6) is 0.587. The number of carbonyl (C=O) groups is 1. The summed E-state index contributed by atoms with van der Waals surface area (Å²) in [7, 11) is -3.51. The Morgan fingerprint density at radius 2 is 1.71 bits per heavy atom. The van der Waals surface area contributed by atoms with Crippen LogP contribution >= 0.6 is 0 Å². The molecule has 0 heterocycles. The summed E-state index contributed by atoms with van der Waals surface area (Å²) < 4.78 is 32.5. The third-order valence-electron chi connectivity index (χ3n) is 5.37. The molecule has 1 fully saturated rings. The summed E-state index contributed by atoms with van der Waals surface area (Å²) in [5, 5.41) is 5.88. The van der Waals surface area contributed by atoms with Crippen molar-refractivity contribution in [2.24, 2.45) is 0 Å². The van der Waals surface area contributed by atoms with Crippen molar-refractivity contribution >= 4 is 27.3 Å². The molecule has 0 atom stereocenters. The molecule has 0 spiro atoms. The van der Waals surface area contributed by atoms with Gasteiger partial charge in [-0.05, 0) is 62.1 Å². The van der Waals surface area contributed by atoms with E-state index in [9.17, 15) is 13.2 Å². The Bertz CT molecular complexity index is 967. The molecule has 1 amide bonds. The smallest absolute Gasteiger partial charge is 0.243 e. The minimum Gasteiger partial charge on any atom is -0.490 e. The van der Waals surface area contributed by atoms with Crippen molar-refractivity contribution in [2.75, 3.05) is 30.3 Å². The van der Waals surface area contributed by atoms with E-state index in [1.54, 1.807) is 26.0 Å². The SMILES string of the molecule is CCN(CC)S(=O)(=O)c1ccc(NC(=O)CNc2cccc(OC3CCCC3)c2)cc1. The number of amides is 1. The quantitative estimate of drug-likeness (QED) is 0.575. The minimum atomic E-state index is -3.51. The molecule has 1 saturated carbocycles. The first kappa shape index (κ1) is 23.1. The van der Waals surface area contributed by atoms with Crippen LogP contribution in [-0.2, 0) is 14.8 Å². The molecule has 1 aliphatic rings. The van der Waals surface area contributed by atoms with E-state index in [0.29, 0.717) is 18.8 Å². The molecule has 0 bridgehead atoms. The predicted molar refractivity (Wildman–Crippen MR) is 123 cm³/mol. The van der Waals surface area contributed by atoms with E-state index in [-0.39, 0.29) is 23.5 Å². The molecule has 0 unspecified atom stereocenters. The number of anilines is 2. The van der Waals surface area contributed by atoms with Gasteiger partial charge in [-0.2, -0.15) is 4.31 Å². The van der Waals surface area contributed by atoms with Crippen molar-refractivity contribution < 1.29 is 17.9 Å².